The molecule has 1 aliphatic heterocycles. The maximum atomic E-state index is 13.2. The molecule has 1 saturated heterocycles. The summed E-state index contributed by atoms with van der Waals surface area (Å²) < 4.78 is 57.3. The summed E-state index contributed by atoms with van der Waals surface area (Å²) in [5, 5.41) is 0.205. The summed E-state index contributed by atoms with van der Waals surface area (Å²) in [5.74, 6) is 2.32. The van der Waals surface area contributed by atoms with Crippen LogP contribution < -0.4 is 11.2 Å². The van der Waals surface area contributed by atoms with Gasteiger partial charge in [0.05, 0.1) is 6.10 Å². The number of hydrogen-bond acceptors (Lipinski definition) is 8. The Kier molecular flexibility index (Phi) is 9.11. The molecule has 0 aliphatic carbocycles. The number of halogens is 3. The third-order valence-electron chi connectivity index (χ3n) is 5.14. The van der Waals surface area contributed by atoms with Crippen LogP contribution in [0.5, 0.6) is 0 Å². The highest BCUT2D eigenvalue weighted by molar-refractivity contribution is 8.01. The summed E-state index contributed by atoms with van der Waals surface area (Å²) >= 11 is 8.57. The van der Waals surface area contributed by atoms with Crippen LogP contribution >= 0.6 is 35.7 Å². The highest BCUT2D eigenvalue weighted by Gasteiger charge is 2.40. The number of aromatic amines is 1. The summed E-state index contributed by atoms with van der Waals surface area (Å²) in [6.07, 6.45) is 2.06. The molecule has 0 unspecified atom stereocenters. The van der Waals surface area contributed by atoms with Crippen LogP contribution in [0.2, 0.25) is 0 Å². The van der Waals surface area contributed by atoms with Crippen LogP contribution in [0.15, 0.2) is 43.8 Å². The van der Waals surface area contributed by atoms with Crippen molar-refractivity contribution in [3.05, 3.63) is 56.4 Å². The lowest BCUT2D eigenvalue weighted by molar-refractivity contribution is -0.139. The van der Waals surface area contributed by atoms with Crippen LogP contribution in [0.3, 0.4) is 0 Å². The van der Waals surface area contributed by atoms with Gasteiger partial charge in [-0.1, -0.05) is 5.92 Å². The van der Waals surface area contributed by atoms with E-state index in [9.17, 15) is 22.8 Å². The Bertz CT molecular complexity index is 1240. The molecule has 1 aromatic heterocycles. The third-order valence-corrected chi connectivity index (χ3v) is 7.20. The lowest BCUT2D eigenvalue weighted by atomic mass is 10.2. The van der Waals surface area contributed by atoms with Crippen LogP contribution in [-0.4, -0.2) is 52.5 Å². The van der Waals surface area contributed by atoms with Crippen LogP contribution in [0.1, 0.15) is 23.8 Å². The number of rotatable bonds is 8. The first kappa shape index (κ1) is 27.3. The van der Waals surface area contributed by atoms with Gasteiger partial charge in [-0.2, -0.15) is 13.2 Å². The van der Waals surface area contributed by atoms with E-state index in [1.807, 2.05) is 30.7 Å². The van der Waals surface area contributed by atoms with Gasteiger partial charge in [-0.05, 0) is 42.9 Å². The van der Waals surface area contributed by atoms with E-state index in [-0.39, 0.29) is 24.7 Å². The highest BCUT2D eigenvalue weighted by atomic mass is 32.2. The van der Waals surface area contributed by atoms with E-state index in [1.165, 1.54) is 0 Å². The minimum atomic E-state index is -4.95. The van der Waals surface area contributed by atoms with Crippen molar-refractivity contribution in [1.82, 2.24) is 9.55 Å². The SMILES string of the molecule is C#CCO[C@H]1C[C@H](n2cc(C(F)(F)F)c(=O)[nH]c2=O)O[C@@H]1COC(=S)c1ccc(SC)c(SC)c1. The fourth-order valence-electron chi connectivity index (χ4n) is 3.46. The van der Waals surface area contributed by atoms with Crippen molar-refractivity contribution in [2.45, 2.75) is 40.8 Å². The van der Waals surface area contributed by atoms with Gasteiger partial charge >= 0.3 is 11.9 Å². The van der Waals surface area contributed by atoms with E-state index in [4.69, 9.17) is 32.9 Å². The molecule has 0 saturated carbocycles. The van der Waals surface area contributed by atoms with Gasteiger partial charge < -0.3 is 14.2 Å². The van der Waals surface area contributed by atoms with Crippen molar-refractivity contribution in [2.75, 3.05) is 25.7 Å². The van der Waals surface area contributed by atoms with Crippen molar-refractivity contribution in [1.29, 1.82) is 0 Å². The fourth-order valence-corrected chi connectivity index (χ4v) is 5.13. The summed E-state index contributed by atoms with van der Waals surface area (Å²) in [4.78, 5) is 27.6. The van der Waals surface area contributed by atoms with Crippen molar-refractivity contribution in [2.24, 2.45) is 0 Å². The Morgan fingerprint density at radius 2 is 2.03 bits per heavy atom. The molecule has 1 aliphatic rings. The minimum absolute atomic E-state index is 0.00472. The minimum Gasteiger partial charge on any atom is -0.480 e. The smallest absolute Gasteiger partial charge is 0.423 e. The number of H-pyrrole nitrogens is 1. The summed E-state index contributed by atoms with van der Waals surface area (Å²) in [5.41, 5.74) is -3.40. The number of thiocarbonyl (C=S) groups is 1. The molecule has 1 fully saturated rings. The largest absolute Gasteiger partial charge is 0.480 e. The number of aromatic nitrogens is 2. The molecule has 0 radical (unpaired) electrons. The van der Waals surface area contributed by atoms with Gasteiger partial charge in [0.1, 0.15) is 31.1 Å². The first-order valence-electron chi connectivity index (χ1n) is 10.1. The molecule has 3 atom stereocenters. The number of ether oxygens (including phenoxy) is 3. The number of nitrogens with zero attached hydrogens (tertiary/aromatic N) is 1. The summed E-state index contributed by atoms with van der Waals surface area (Å²) in [6.45, 7) is -0.170. The molecule has 7 nitrogen and oxygen atoms in total. The second-order valence-corrected chi connectivity index (χ2v) is 9.36. The molecule has 0 amide bonds. The van der Waals surface area contributed by atoms with E-state index in [1.54, 1.807) is 28.5 Å². The monoisotopic (exact) mass is 546 g/mol. The Hall–Kier alpha value is -2.24. The number of benzene rings is 1. The third kappa shape index (κ3) is 6.50. The molecule has 35 heavy (non-hydrogen) atoms. The molecular weight excluding hydrogens is 525 g/mol. The Morgan fingerprint density at radius 1 is 1.31 bits per heavy atom. The number of terminal acetylenes is 1. The predicted octanol–water partition coefficient (Wildman–Crippen LogP) is 3.70. The van der Waals surface area contributed by atoms with Crippen LogP contribution in [-0.2, 0) is 20.4 Å². The fraction of sp³-hybridized carbons (Fsp3) is 0.409. The number of hydrogen-bond donors (Lipinski definition) is 1. The molecular formula is C22H21F3N2O5S3. The van der Waals surface area contributed by atoms with Gasteiger partial charge in [0, 0.05) is 28.0 Å². The van der Waals surface area contributed by atoms with E-state index in [0.717, 1.165) is 9.79 Å². The Morgan fingerprint density at radius 3 is 2.66 bits per heavy atom. The van der Waals surface area contributed by atoms with E-state index in [2.05, 4.69) is 5.92 Å². The topological polar surface area (TPSA) is 82.6 Å². The molecule has 2 heterocycles. The lowest BCUT2D eigenvalue weighted by Gasteiger charge is -2.19. The van der Waals surface area contributed by atoms with Gasteiger partial charge in [-0.15, -0.1) is 29.9 Å². The van der Waals surface area contributed by atoms with Gasteiger partial charge in [0.15, 0.2) is 5.05 Å². The van der Waals surface area contributed by atoms with Gasteiger partial charge in [0.25, 0.3) is 5.56 Å². The lowest BCUT2D eigenvalue weighted by Crippen LogP contribution is -2.36. The van der Waals surface area contributed by atoms with Crippen LogP contribution in [0.25, 0.3) is 0 Å². The van der Waals surface area contributed by atoms with E-state index in [0.29, 0.717) is 16.3 Å². The molecule has 3 rings (SSSR count). The Labute approximate surface area is 212 Å². The average Bonchev–Trinajstić information content (AvgIpc) is 3.22. The maximum absolute atomic E-state index is 13.2. The maximum Gasteiger partial charge on any atom is 0.423 e. The molecule has 2 aromatic rings. The van der Waals surface area contributed by atoms with Gasteiger partial charge in [-0.25, -0.2) is 4.79 Å². The molecule has 0 spiro atoms. The van der Waals surface area contributed by atoms with Crippen molar-refractivity contribution in [3.63, 3.8) is 0 Å². The molecule has 1 N–H and O–H groups in total. The normalized spacial score (nSPS) is 19.9. The van der Waals surface area contributed by atoms with E-state index < -0.39 is 41.4 Å². The van der Waals surface area contributed by atoms with Gasteiger partial charge in [0.2, 0.25) is 0 Å². The molecule has 1 aromatic carbocycles. The zero-order chi connectivity index (χ0) is 25.8. The summed E-state index contributed by atoms with van der Waals surface area (Å²) in [6, 6.07) is 5.67. The first-order valence-corrected chi connectivity index (χ1v) is 13.0. The zero-order valence-corrected chi connectivity index (χ0v) is 21.0. The Balaban J connectivity index is 1.79. The molecule has 188 valence electrons. The number of alkyl halides is 3. The van der Waals surface area contributed by atoms with E-state index >= 15 is 0 Å². The predicted molar refractivity (Wildman–Crippen MR) is 131 cm³/mol. The summed E-state index contributed by atoms with van der Waals surface area (Å²) in [7, 11) is 0. The van der Waals surface area contributed by atoms with Crippen molar-refractivity contribution >= 4 is 40.8 Å². The number of thioether (sulfide) groups is 2. The zero-order valence-electron chi connectivity index (χ0n) is 18.6. The second kappa shape index (κ2) is 11.7. The molecule has 13 heteroatoms. The van der Waals surface area contributed by atoms with Crippen LogP contribution in [0.4, 0.5) is 13.2 Å². The standard InChI is InChI=1S/C22H21F3N2O5S3/c1-4-7-30-14-9-18(27-10-13(22(23,24)25)19(28)26-21(27)29)32-15(14)11-31-20(33)12-5-6-16(34-2)17(8-12)35-3/h1,5-6,8,10,14-15,18H,7,9,11H2,2-3H3,(H,26,28,29)/t14-,15+,18+/m0/s1. The van der Waals surface area contributed by atoms with Crippen LogP contribution in [0, 0.1) is 12.3 Å². The van der Waals surface area contributed by atoms with Gasteiger partial charge in [-0.3, -0.25) is 14.3 Å². The number of nitrogens with one attached hydrogen (secondary N) is 1. The average molecular weight is 547 g/mol. The highest BCUT2D eigenvalue weighted by Crippen LogP contribution is 2.33. The second-order valence-electron chi connectivity index (χ2n) is 7.29. The molecule has 0 bridgehead atoms. The first-order chi connectivity index (χ1) is 16.6. The van der Waals surface area contributed by atoms with Crippen molar-refractivity contribution < 1.29 is 27.4 Å². The quantitative estimate of drug-likeness (QED) is 0.305. The van der Waals surface area contributed by atoms with Crippen molar-refractivity contribution in [3.8, 4) is 12.3 Å².